The number of benzene rings is 2. The fraction of sp³-hybridized carbons (Fsp3) is 0.333. The highest BCUT2D eigenvalue weighted by atomic mass is 79.9. The van der Waals surface area contributed by atoms with Crippen molar-refractivity contribution in [1.29, 1.82) is 0 Å². The van der Waals surface area contributed by atoms with Crippen molar-refractivity contribution in [3.63, 3.8) is 0 Å². The molecule has 0 aromatic heterocycles. The van der Waals surface area contributed by atoms with Crippen molar-refractivity contribution in [2.75, 3.05) is 6.79 Å². The first kappa shape index (κ1) is 16.1. The first-order valence-corrected chi connectivity index (χ1v) is 8.45. The maximum absolute atomic E-state index is 5.72. The molecule has 4 nitrogen and oxygen atoms in total. The second-order valence-electron chi connectivity index (χ2n) is 5.72. The molecule has 5 heteroatoms. The Morgan fingerprint density at radius 2 is 1.74 bits per heavy atom. The summed E-state index contributed by atoms with van der Waals surface area (Å²) in [6, 6.07) is 12.2. The predicted molar refractivity (Wildman–Crippen MR) is 93.0 cm³/mol. The summed E-state index contributed by atoms with van der Waals surface area (Å²) in [5.74, 6) is 2.51. The summed E-state index contributed by atoms with van der Waals surface area (Å²) in [7, 11) is 0. The lowest BCUT2D eigenvalue weighted by Gasteiger charge is -2.13. The fourth-order valence-corrected chi connectivity index (χ4v) is 2.93. The highest BCUT2D eigenvalue weighted by molar-refractivity contribution is 9.10. The van der Waals surface area contributed by atoms with Crippen LogP contribution in [-0.4, -0.2) is 12.9 Å². The van der Waals surface area contributed by atoms with E-state index in [1.807, 2.05) is 32.0 Å². The van der Waals surface area contributed by atoms with Crippen LogP contribution in [0.3, 0.4) is 0 Å². The average Bonchev–Trinajstić information content (AvgIpc) is 2.97. The first-order chi connectivity index (χ1) is 11.1. The smallest absolute Gasteiger partial charge is 0.231 e. The zero-order chi connectivity index (χ0) is 16.2. The van der Waals surface area contributed by atoms with Crippen molar-refractivity contribution in [3.05, 3.63) is 52.0 Å². The molecule has 122 valence electrons. The molecule has 0 radical (unpaired) electrons. The zero-order valence-corrected chi connectivity index (χ0v) is 14.9. The van der Waals surface area contributed by atoms with Gasteiger partial charge in [-0.2, -0.15) is 0 Å². The van der Waals surface area contributed by atoms with Crippen LogP contribution in [0.5, 0.6) is 17.2 Å². The molecule has 0 amide bonds. The topological polar surface area (TPSA) is 39.7 Å². The van der Waals surface area contributed by atoms with E-state index < -0.39 is 0 Å². The van der Waals surface area contributed by atoms with Gasteiger partial charge in [0.25, 0.3) is 0 Å². The molecule has 23 heavy (non-hydrogen) atoms. The summed E-state index contributed by atoms with van der Waals surface area (Å²) < 4.78 is 17.4. The van der Waals surface area contributed by atoms with E-state index in [4.69, 9.17) is 14.2 Å². The summed E-state index contributed by atoms with van der Waals surface area (Å²) >= 11 is 3.56. The van der Waals surface area contributed by atoms with Gasteiger partial charge in [0.2, 0.25) is 6.79 Å². The van der Waals surface area contributed by atoms with Gasteiger partial charge in [-0.05, 0) is 65.2 Å². The number of hydrogen-bond acceptors (Lipinski definition) is 4. The van der Waals surface area contributed by atoms with Gasteiger partial charge in [0.05, 0.1) is 10.6 Å². The van der Waals surface area contributed by atoms with Crippen LogP contribution in [0.1, 0.15) is 25.0 Å². The Morgan fingerprint density at radius 3 is 2.48 bits per heavy atom. The molecule has 0 unspecified atom stereocenters. The van der Waals surface area contributed by atoms with E-state index in [0.717, 1.165) is 34.8 Å². The molecule has 0 aliphatic carbocycles. The summed E-state index contributed by atoms with van der Waals surface area (Å²) in [5.41, 5.74) is 2.38. The van der Waals surface area contributed by atoms with Crippen LogP contribution in [0.25, 0.3) is 0 Å². The lowest BCUT2D eigenvalue weighted by Crippen LogP contribution is -2.13. The van der Waals surface area contributed by atoms with Crippen LogP contribution < -0.4 is 19.5 Å². The number of rotatable bonds is 6. The van der Waals surface area contributed by atoms with Crippen LogP contribution in [0.15, 0.2) is 40.9 Å². The minimum atomic E-state index is 0.168. The molecule has 1 aliphatic heterocycles. The normalized spacial score (nSPS) is 12.7. The van der Waals surface area contributed by atoms with Crippen LogP contribution >= 0.6 is 15.9 Å². The largest absolute Gasteiger partial charge is 0.490 e. The minimum absolute atomic E-state index is 0.168. The number of ether oxygens (including phenoxy) is 3. The molecule has 0 saturated carbocycles. The number of nitrogens with one attached hydrogen (secondary N) is 1. The van der Waals surface area contributed by atoms with Gasteiger partial charge in [-0.15, -0.1) is 0 Å². The Bertz CT molecular complexity index is 688. The summed E-state index contributed by atoms with van der Waals surface area (Å²) in [6.07, 6.45) is 0.168. The quantitative estimate of drug-likeness (QED) is 0.816. The summed E-state index contributed by atoms with van der Waals surface area (Å²) in [6.45, 7) is 5.92. The van der Waals surface area contributed by atoms with Gasteiger partial charge >= 0.3 is 0 Å². The SMILES string of the molecule is CC(C)Oc1ccc(CNCc2ccc3c(c2)OCO3)cc1Br. The van der Waals surface area contributed by atoms with Crippen molar-refractivity contribution < 1.29 is 14.2 Å². The zero-order valence-electron chi connectivity index (χ0n) is 13.3. The summed E-state index contributed by atoms with van der Waals surface area (Å²) in [4.78, 5) is 0. The monoisotopic (exact) mass is 377 g/mol. The van der Waals surface area contributed by atoms with Crippen molar-refractivity contribution in [1.82, 2.24) is 5.32 Å². The van der Waals surface area contributed by atoms with Crippen molar-refractivity contribution in [2.24, 2.45) is 0 Å². The van der Waals surface area contributed by atoms with E-state index >= 15 is 0 Å². The van der Waals surface area contributed by atoms with Gasteiger partial charge < -0.3 is 19.5 Å². The van der Waals surface area contributed by atoms with Crippen LogP contribution in [0.2, 0.25) is 0 Å². The minimum Gasteiger partial charge on any atom is -0.490 e. The van der Waals surface area contributed by atoms with Crippen LogP contribution in [0, 0.1) is 0 Å². The molecule has 2 aromatic carbocycles. The maximum atomic E-state index is 5.72. The summed E-state index contributed by atoms with van der Waals surface area (Å²) in [5, 5.41) is 3.44. The standard InChI is InChI=1S/C18H20BrNO3/c1-12(2)23-16-5-3-13(7-15(16)19)9-20-10-14-4-6-17-18(8-14)22-11-21-17/h3-8,12,20H,9-11H2,1-2H3. The highest BCUT2D eigenvalue weighted by Crippen LogP contribution is 2.32. The van der Waals surface area contributed by atoms with Crippen molar-refractivity contribution in [3.8, 4) is 17.2 Å². The molecule has 0 saturated heterocycles. The van der Waals surface area contributed by atoms with Crippen molar-refractivity contribution >= 4 is 15.9 Å². The van der Waals surface area contributed by atoms with Gasteiger partial charge in [0.15, 0.2) is 11.5 Å². The Morgan fingerprint density at radius 1 is 1.04 bits per heavy atom. The lowest BCUT2D eigenvalue weighted by molar-refractivity contribution is 0.174. The third-order valence-corrected chi connectivity index (χ3v) is 4.07. The third kappa shape index (κ3) is 4.18. The van der Waals surface area contributed by atoms with Gasteiger partial charge in [0, 0.05) is 13.1 Å². The molecule has 2 aromatic rings. The molecule has 0 bridgehead atoms. The van der Waals surface area contributed by atoms with Crippen LogP contribution in [-0.2, 0) is 13.1 Å². The third-order valence-electron chi connectivity index (χ3n) is 3.45. The van der Waals surface area contributed by atoms with E-state index in [-0.39, 0.29) is 6.10 Å². The van der Waals surface area contributed by atoms with Crippen LogP contribution in [0.4, 0.5) is 0 Å². The van der Waals surface area contributed by atoms with E-state index in [2.05, 4.69) is 39.4 Å². The highest BCUT2D eigenvalue weighted by Gasteiger charge is 2.12. The Kier molecular flexibility index (Phi) is 5.08. The number of hydrogen-bond donors (Lipinski definition) is 1. The molecular formula is C18H20BrNO3. The van der Waals surface area contributed by atoms with Gasteiger partial charge in [-0.3, -0.25) is 0 Å². The van der Waals surface area contributed by atoms with Gasteiger partial charge in [-0.25, -0.2) is 0 Å². The molecule has 1 N–H and O–H groups in total. The lowest BCUT2D eigenvalue weighted by atomic mass is 10.2. The van der Waals surface area contributed by atoms with Gasteiger partial charge in [-0.1, -0.05) is 12.1 Å². The van der Waals surface area contributed by atoms with E-state index in [1.165, 1.54) is 11.1 Å². The maximum Gasteiger partial charge on any atom is 0.231 e. The number of fused-ring (bicyclic) bond motifs is 1. The number of halogens is 1. The molecular weight excluding hydrogens is 358 g/mol. The molecule has 0 spiro atoms. The second kappa shape index (κ2) is 7.23. The van der Waals surface area contributed by atoms with E-state index in [1.54, 1.807) is 0 Å². The Balaban J connectivity index is 1.55. The Labute approximate surface area is 144 Å². The van der Waals surface area contributed by atoms with E-state index in [9.17, 15) is 0 Å². The van der Waals surface area contributed by atoms with Gasteiger partial charge in [0.1, 0.15) is 5.75 Å². The Hall–Kier alpha value is -1.72. The molecule has 1 aliphatic rings. The fourth-order valence-electron chi connectivity index (χ4n) is 2.41. The van der Waals surface area contributed by atoms with Crippen molar-refractivity contribution in [2.45, 2.75) is 33.0 Å². The average molecular weight is 378 g/mol. The molecule has 1 heterocycles. The molecule has 0 atom stereocenters. The predicted octanol–water partition coefficient (Wildman–Crippen LogP) is 4.25. The molecule has 3 rings (SSSR count). The second-order valence-corrected chi connectivity index (χ2v) is 6.58. The first-order valence-electron chi connectivity index (χ1n) is 7.66. The van der Waals surface area contributed by atoms with E-state index in [0.29, 0.717) is 6.79 Å². The molecule has 0 fully saturated rings.